The summed E-state index contributed by atoms with van der Waals surface area (Å²) in [6.45, 7) is 8.73. The minimum atomic E-state index is -0.682. The number of carbonyl (C=O) groups is 2. The molecule has 168 valence electrons. The molecule has 33 heavy (non-hydrogen) atoms. The van der Waals surface area contributed by atoms with E-state index in [4.69, 9.17) is 5.73 Å². The quantitative estimate of drug-likeness (QED) is 0.457. The van der Waals surface area contributed by atoms with Crippen LogP contribution in [-0.2, 0) is 6.54 Å². The predicted octanol–water partition coefficient (Wildman–Crippen LogP) is 4.57. The maximum atomic E-state index is 13.2. The van der Waals surface area contributed by atoms with Crippen molar-refractivity contribution in [2.75, 3.05) is 5.32 Å². The SMILES string of the molecule is Cc1nn(Cc2ccc(C(C)C)cc2)c(C)c1NC(=O)c1cc(C(N)=O)nc2ccccc12. The number of nitrogens with one attached hydrogen (secondary N) is 1. The fraction of sp³-hybridized carbons (Fsp3) is 0.231. The van der Waals surface area contributed by atoms with Gasteiger partial charge in [0.05, 0.1) is 34.7 Å². The Labute approximate surface area is 192 Å². The van der Waals surface area contributed by atoms with Crippen molar-refractivity contribution in [2.24, 2.45) is 5.73 Å². The van der Waals surface area contributed by atoms with Gasteiger partial charge >= 0.3 is 0 Å². The second kappa shape index (κ2) is 8.86. The molecule has 0 saturated carbocycles. The van der Waals surface area contributed by atoms with E-state index < -0.39 is 5.91 Å². The van der Waals surface area contributed by atoms with Gasteiger partial charge < -0.3 is 11.1 Å². The van der Waals surface area contributed by atoms with Gasteiger partial charge in [-0.1, -0.05) is 56.3 Å². The third kappa shape index (κ3) is 4.48. The van der Waals surface area contributed by atoms with Crippen molar-refractivity contribution < 1.29 is 9.59 Å². The molecule has 7 nitrogen and oxygen atoms in total. The summed E-state index contributed by atoms with van der Waals surface area (Å²) in [5.41, 5.74) is 11.0. The molecular weight excluding hydrogens is 414 g/mol. The third-order valence-electron chi connectivity index (χ3n) is 5.81. The van der Waals surface area contributed by atoms with E-state index in [0.717, 1.165) is 11.3 Å². The number of primary amides is 1. The molecule has 2 heterocycles. The number of benzene rings is 2. The number of pyridine rings is 1. The highest BCUT2D eigenvalue weighted by atomic mass is 16.2. The predicted molar refractivity (Wildman–Crippen MR) is 130 cm³/mol. The Morgan fingerprint density at radius 1 is 1.06 bits per heavy atom. The zero-order chi connectivity index (χ0) is 23.7. The second-order valence-corrected chi connectivity index (χ2v) is 8.49. The van der Waals surface area contributed by atoms with Crippen LogP contribution in [0.25, 0.3) is 10.9 Å². The monoisotopic (exact) mass is 441 g/mol. The number of aromatic nitrogens is 3. The van der Waals surface area contributed by atoms with Crippen LogP contribution in [0.2, 0.25) is 0 Å². The number of nitrogens with zero attached hydrogens (tertiary/aromatic N) is 3. The van der Waals surface area contributed by atoms with Gasteiger partial charge in [-0.05, 0) is 43.0 Å². The standard InChI is InChI=1S/C26H27N5O2/c1-15(2)19-11-9-18(10-12-19)14-31-17(4)24(16(3)30-31)29-26(33)21-13-23(25(27)32)28-22-8-6-5-7-20(21)22/h5-13,15H,14H2,1-4H3,(H2,27,32)(H,29,33). The normalized spacial score (nSPS) is 11.2. The lowest BCUT2D eigenvalue weighted by atomic mass is 10.0. The van der Waals surface area contributed by atoms with Gasteiger partial charge in [-0.15, -0.1) is 0 Å². The van der Waals surface area contributed by atoms with Crippen molar-refractivity contribution in [3.05, 3.63) is 88.4 Å². The van der Waals surface area contributed by atoms with Crippen LogP contribution in [0.1, 0.15) is 63.1 Å². The Balaban J connectivity index is 1.63. The minimum absolute atomic E-state index is 0.0489. The van der Waals surface area contributed by atoms with E-state index in [2.05, 4.69) is 53.5 Å². The summed E-state index contributed by atoms with van der Waals surface area (Å²) in [5, 5.41) is 8.26. The third-order valence-corrected chi connectivity index (χ3v) is 5.81. The molecule has 0 aliphatic rings. The average Bonchev–Trinajstić information content (AvgIpc) is 3.05. The van der Waals surface area contributed by atoms with Crippen LogP contribution >= 0.6 is 0 Å². The van der Waals surface area contributed by atoms with Crippen LogP contribution in [0.5, 0.6) is 0 Å². The molecule has 0 aliphatic carbocycles. The van der Waals surface area contributed by atoms with Gasteiger partial charge in [0.15, 0.2) is 0 Å². The Hall–Kier alpha value is -4.00. The number of para-hydroxylation sites is 1. The lowest BCUT2D eigenvalue weighted by Crippen LogP contribution is -2.18. The summed E-state index contributed by atoms with van der Waals surface area (Å²) in [4.78, 5) is 29.2. The number of carbonyl (C=O) groups excluding carboxylic acids is 2. The summed E-state index contributed by atoms with van der Waals surface area (Å²) >= 11 is 0. The summed E-state index contributed by atoms with van der Waals surface area (Å²) in [6.07, 6.45) is 0. The zero-order valence-electron chi connectivity index (χ0n) is 19.2. The van der Waals surface area contributed by atoms with Gasteiger partial charge in [-0.3, -0.25) is 14.3 Å². The smallest absolute Gasteiger partial charge is 0.267 e. The number of hydrogen-bond donors (Lipinski definition) is 2. The average molecular weight is 442 g/mol. The molecule has 0 radical (unpaired) electrons. The Morgan fingerprint density at radius 3 is 2.42 bits per heavy atom. The van der Waals surface area contributed by atoms with Crippen molar-refractivity contribution in [2.45, 2.75) is 40.2 Å². The molecule has 7 heteroatoms. The van der Waals surface area contributed by atoms with Crippen molar-refractivity contribution >= 4 is 28.4 Å². The van der Waals surface area contributed by atoms with Crippen molar-refractivity contribution in [1.82, 2.24) is 14.8 Å². The molecule has 0 bridgehead atoms. The van der Waals surface area contributed by atoms with Crippen molar-refractivity contribution in [3.63, 3.8) is 0 Å². The number of hydrogen-bond acceptors (Lipinski definition) is 4. The first-order valence-corrected chi connectivity index (χ1v) is 10.9. The lowest BCUT2D eigenvalue weighted by Gasteiger charge is -2.11. The summed E-state index contributed by atoms with van der Waals surface area (Å²) in [6, 6.07) is 17.1. The Morgan fingerprint density at radius 2 is 1.76 bits per heavy atom. The largest absolute Gasteiger partial charge is 0.364 e. The van der Waals surface area contributed by atoms with Gasteiger partial charge in [0.1, 0.15) is 5.69 Å². The van der Waals surface area contributed by atoms with E-state index in [1.165, 1.54) is 11.6 Å². The summed E-state index contributed by atoms with van der Waals surface area (Å²) in [5.74, 6) is -0.546. The van der Waals surface area contributed by atoms with E-state index >= 15 is 0 Å². The first-order valence-electron chi connectivity index (χ1n) is 10.9. The number of fused-ring (bicyclic) bond motifs is 1. The first-order chi connectivity index (χ1) is 15.7. The van der Waals surface area contributed by atoms with Crippen molar-refractivity contribution in [1.29, 1.82) is 0 Å². The number of anilines is 1. The van der Waals surface area contributed by atoms with Crippen LogP contribution in [0, 0.1) is 13.8 Å². The second-order valence-electron chi connectivity index (χ2n) is 8.49. The molecule has 0 aliphatic heterocycles. The summed E-state index contributed by atoms with van der Waals surface area (Å²) < 4.78 is 1.88. The molecule has 4 rings (SSSR count). The van der Waals surface area contributed by atoms with E-state index in [-0.39, 0.29) is 11.6 Å². The van der Waals surface area contributed by atoms with E-state index in [1.54, 1.807) is 18.2 Å². The van der Waals surface area contributed by atoms with Crippen LogP contribution in [-0.4, -0.2) is 26.6 Å². The molecule has 0 saturated heterocycles. The molecule has 0 atom stereocenters. The molecule has 2 aromatic carbocycles. The Kier molecular flexibility index (Phi) is 5.96. The molecule has 0 unspecified atom stereocenters. The molecule has 2 amide bonds. The summed E-state index contributed by atoms with van der Waals surface area (Å²) in [7, 11) is 0. The highest BCUT2D eigenvalue weighted by Gasteiger charge is 2.19. The topological polar surface area (TPSA) is 103 Å². The van der Waals surface area contributed by atoms with E-state index in [0.29, 0.717) is 40.3 Å². The molecular formula is C26H27N5O2. The maximum absolute atomic E-state index is 13.2. The van der Waals surface area contributed by atoms with Gasteiger partial charge in [-0.2, -0.15) is 5.10 Å². The van der Waals surface area contributed by atoms with Gasteiger partial charge in [0.2, 0.25) is 0 Å². The lowest BCUT2D eigenvalue weighted by molar-refractivity contribution is 0.0996. The van der Waals surface area contributed by atoms with Crippen LogP contribution in [0.3, 0.4) is 0 Å². The fourth-order valence-electron chi connectivity index (χ4n) is 3.88. The molecule has 0 spiro atoms. The molecule has 4 aromatic rings. The number of nitrogens with two attached hydrogens (primary N) is 1. The maximum Gasteiger partial charge on any atom is 0.267 e. The van der Waals surface area contributed by atoms with Gasteiger partial charge in [0, 0.05) is 5.39 Å². The van der Waals surface area contributed by atoms with Crippen LogP contribution < -0.4 is 11.1 Å². The van der Waals surface area contributed by atoms with Crippen LogP contribution in [0.15, 0.2) is 54.6 Å². The van der Waals surface area contributed by atoms with E-state index in [9.17, 15) is 9.59 Å². The zero-order valence-corrected chi connectivity index (χ0v) is 19.2. The molecule has 0 fully saturated rings. The first kappa shape index (κ1) is 22.2. The molecule has 2 aromatic heterocycles. The van der Waals surface area contributed by atoms with E-state index in [1.807, 2.05) is 24.6 Å². The van der Waals surface area contributed by atoms with Gasteiger partial charge in [-0.25, -0.2) is 4.98 Å². The molecule has 3 N–H and O–H groups in total. The van der Waals surface area contributed by atoms with Crippen molar-refractivity contribution in [3.8, 4) is 0 Å². The number of amides is 2. The number of aryl methyl sites for hydroxylation is 1. The fourth-order valence-corrected chi connectivity index (χ4v) is 3.88. The van der Waals surface area contributed by atoms with Gasteiger partial charge in [0.25, 0.3) is 11.8 Å². The van der Waals surface area contributed by atoms with Crippen LogP contribution in [0.4, 0.5) is 5.69 Å². The Bertz CT molecular complexity index is 1350. The highest BCUT2D eigenvalue weighted by Crippen LogP contribution is 2.24. The number of rotatable bonds is 6. The highest BCUT2D eigenvalue weighted by molar-refractivity contribution is 6.14. The minimum Gasteiger partial charge on any atom is -0.364 e.